The van der Waals surface area contributed by atoms with Gasteiger partial charge in [0.1, 0.15) is 5.75 Å². The van der Waals surface area contributed by atoms with E-state index in [1.54, 1.807) is 41.4 Å². The lowest BCUT2D eigenvalue weighted by molar-refractivity contribution is -0.132. The third kappa shape index (κ3) is 4.35. The van der Waals surface area contributed by atoms with Crippen LogP contribution < -0.4 is 9.64 Å². The molecule has 0 unspecified atom stereocenters. The summed E-state index contributed by atoms with van der Waals surface area (Å²) in [5.74, 6) is 0.655. The maximum absolute atomic E-state index is 12.2. The van der Waals surface area contributed by atoms with Crippen LogP contribution in [0.5, 0.6) is 5.75 Å². The van der Waals surface area contributed by atoms with Crippen molar-refractivity contribution in [1.29, 1.82) is 0 Å². The van der Waals surface area contributed by atoms with Crippen molar-refractivity contribution in [2.24, 2.45) is 0 Å². The molecule has 2 amide bonds. The van der Waals surface area contributed by atoms with Crippen molar-refractivity contribution in [2.75, 3.05) is 25.1 Å². The Labute approximate surface area is 147 Å². The number of ether oxygens (including phenoxy) is 1. The van der Waals surface area contributed by atoms with E-state index in [0.29, 0.717) is 18.7 Å². The summed E-state index contributed by atoms with van der Waals surface area (Å²) in [6, 6.07) is 11.0. The Morgan fingerprint density at radius 3 is 2.72 bits per heavy atom. The van der Waals surface area contributed by atoms with Crippen molar-refractivity contribution in [1.82, 2.24) is 9.88 Å². The van der Waals surface area contributed by atoms with Crippen LogP contribution in [0.1, 0.15) is 18.4 Å². The van der Waals surface area contributed by atoms with E-state index in [0.717, 1.165) is 24.2 Å². The largest absolute Gasteiger partial charge is 0.484 e. The number of hydrogen-bond donors (Lipinski definition) is 0. The summed E-state index contributed by atoms with van der Waals surface area (Å²) in [4.78, 5) is 31.3. The molecule has 2 heterocycles. The molecule has 1 aromatic carbocycles. The number of likely N-dealkylation sites (N-methyl/N-ethyl adjacent to an activating group) is 1. The number of rotatable bonds is 6. The molecule has 2 aromatic rings. The van der Waals surface area contributed by atoms with Gasteiger partial charge >= 0.3 is 0 Å². The van der Waals surface area contributed by atoms with Crippen LogP contribution in [0.2, 0.25) is 0 Å². The van der Waals surface area contributed by atoms with E-state index in [-0.39, 0.29) is 18.4 Å². The van der Waals surface area contributed by atoms with Gasteiger partial charge in [-0.3, -0.25) is 14.6 Å². The third-order valence-electron chi connectivity index (χ3n) is 4.15. The highest BCUT2D eigenvalue weighted by Crippen LogP contribution is 2.23. The number of carbonyl (C=O) groups excluding carboxylic acids is 2. The average Bonchev–Trinajstić information content (AvgIpc) is 3.07. The summed E-state index contributed by atoms with van der Waals surface area (Å²) >= 11 is 0. The van der Waals surface area contributed by atoms with Gasteiger partial charge in [-0.1, -0.05) is 6.07 Å². The average molecular weight is 339 g/mol. The number of amides is 2. The van der Waals surface area contributed by atoms with Gasteiger partial charge in [0.15, 0.2) is 6.61 Å². The molecule has 6 nitrogen and oxygen atoms in total. The van der Waals surface area contributed by atoms with Gasteiger partial charge < -0.3 is 14.5 Å². The Kier molecular flexibility index (Phi) is 5.28. The second-order valence-electron chi connectivity index (χ2n) is 6.04. The van der Waals surface area contributed by atoms with E-state index in [2.05, 4.69) is 4.98 Å². The fourth-order valence-electron chi connectivity index (χ4n) is 2.75. The van der Waals surface area contributed by atoms with E-state index in [1.165, 1.54) is 0 Å². The van der Waals surface area contributed by atoms with Gasteiger partial charge in [0.2, 0.25) is 5.91 Å². The lowest BCUT2D eigenvalue weighted by Gasteiger charge is -2.18. The molecule has 0 radical (unpaired) electrons. The molecule has 1 aliphatic rings. The van der Waals surface area contributed by atoms with Crippen molar-refractivity contribution in [3.8, 4) is 5.75 Å². The molecule has 0 bridgehead atoms. The van der Waals surface area contributed by atoms with Gasteiger partial charge in [0, 0.05) is 44.6 Å². The van der Waals surface area contributed by atoms with E-state index < -0.39 is 0 Å². The van der Waals surface area contributed by atoms with E-state index in [4.69, 9.17) is 4.74 Å². The molecule has 1 aliphatic heterocycles. The first-order chi connectivity index (χ1) is 12.1. The Bertz CT molecular complexity index is 731. The first-order valence-corrected chi connectivity index (χ1v) is 8.29. The SMILES string of the molecule is CN(Cc1cccnc1)C(=O)COc1ccc(N2CCCC2=O)cc1. The standard InChI is InChI=1S/C19H21N3O3/c1-21(13-15-4-2-10-20-12-15)19(24)14-25-17-8-6-16(7-9-17)22-11-3-5-18(22)23/h2,4,6-10,12H,3,5,11,13-14H2,1H3. The molecule has 0 atom stereocenters. The smallest absolute Gasteiger partial charge is 0.260 e. The number of nitrogens with zero attached hydrogens (tertiary/aromatic N) is 3. The second-order valence-corrected chi connectivity index (χ2v) is 6.04. The van der Waals surface area contributed by atoms with Crippen LogP contribution in [-0.4, -0.2) is 41.9 Å². The number of aromatic nitrogens is 1. The Morgan fingerprint density at radius 2 is 2.08 bits per heavy atom. The predicted molar refractivity (Wildman–Crippen MR) is 94.2 cm³/mol. The Balaban J connectivity index is 1.51. The second kappa shape index (κ2) is 7.79. The first-order valence-electron chi connectivity index (χ1n) is 8.29. The zero-order valence-corrected chi connectivity index (χ0v) is 14.2. The lowest BCUT2D eigenvalue weighted by atomic mass is 10.2. The van der Waals surface area contributed by atoms with E-state index >= 15 is 0 Å². The highest BCUT2D eigenvalue weighted by atomic mass is 16.5. The minimum Gasteiger partial charge on any atom is -0.484 e. The van der Waals surface area contributed by atoms with Gasteiger partial charge in [0.25, 0.3) is 5.91 Å². The molecule has 1 aromatic heterocycles. The minimum absolute atomic E-state index is 0.0290. The molecule has 25 heavy (non-hydrogen) atoms. The summed E-state index contributed by atoms with van der Waals surface area (Å²) in [6.45, 7) is 1.22. The molecule has 1 saturated heterocycles. The fraction of sp³-hybridized carbons (Fsp3) is 0.316. The monoisotopic (exact) mass is 339 g/mol. The molecule has 6 heteroatoms. The van der Waals surface area contributed by atoms with Crippen molar-refractivity contribution < 1.29 is 14.3 Å². The first kappa shape index (κ1) is 17.0. The molecular weight excluding hydrogens is 318 g/mol. The van der Waals surface area contributed by atoms with Crippen LogP contribution in [0.15, 0.2) is 48.8 Å². The Hall–Kier alpha value is -2.89. The lowest BCUT2D eigenvalue weighted by Crippen LogP contribution is -2.31. The van der Waals surface area contributed by atoms with Crippen LogP contribution in [-0.2, 0) is 16.1 Å². The van der Waals surface area contributed by atoms with Gasteiger partial charge in [-0.05, 0) is 42.3 Å². The van der Waals surface area contributed by atoms with E-state index in [1.807, 2.05) is 24.3 Å². The molecule has 1 fully saturated rings. The number of carbonyl (C=O) groups is 2. The molecule has 0 N–H and O–H groups in total. The van der Waals surface area contributed by atoms with Crippen LogP contribution in [0.3, 0.4) is 0 Å². The zero-order chi connectivity index (χ0) is 17.6. The van der Waals surface area contributed by atoms with Crippen LogP contribution >= 0.6 is 0 Å². The molecule has 0 spiro atoms. The summed E-state index contributed by atoms with van der Waals surface area (Å²) in [5.41, 5.74) is 1.84. The maximum Gasteiger partial charge on any atom is 0.260 e. The van der Waals surface area contributed by atoms with Crippen molar-refractivity contribution in [3.05, 3.63) is 54.4 Å². The summed E-state index contributed by atoms with van der Waals surface area (Å²) in [6.07, 6.45) is 4.95. The minimum atomic E-state index is -0.109. The van der Waals surface area contributed by atoms with E-state index in [9.17, 15) is 9.59 Å². The van der Waals surface area contributed by atoms with Crippen molar-refractivity contribution >= 4 is 17.5 Å². The number of anilines is 1. The van der Waals surface area contributed by atoms with Gasteiger partial charge in [-0.15, -0.1) is 0 Å². The quantitative estimate of drug-likeness (QED) is 0.810. The zero-order valence-electron chi connectivity index (χ0n) is 14.2. The van der Waals surface area contributed by atoms with Crippen LogP contribution in [0.4, 0.5) is 5.69 Å². The molecule has 130 valence electrons. The van der Waals surface area contributed by atoms with Gasteiger partial charge in [-0.25, -0.2) is 0 Å². The summed E-state index contributed by atoms with van der Waals surface area (Å²) in [5, 5.41) is 0. The predicted octanol–water partition coefficient (Wildman–Crippen LogP) is 2.25. The normalized spacial score (nSPS) is 13.8. The summed E-state index contributed by atoms with van der Waals surface area (Å²) in [7, 11) is 1.74. The van der Waals surface area contributed by atoms with Crippen molar-refractivity contribution in [3.63, 3.8) is 0 Å². The number of hydrogen-bond acceptors (Lipinski definition) is 4. The molecule has 3 rings (SSSR count). The van der Waals surface area contributed by atoms with Gasteiger partial charge in [0.05, 0.1) is 0 Å². The van der Waals surface area contributed by atoms with Gasteiger partial charge in [-0.2, -0.15) is 0 Å². The highest BCUT2D eigenvalue weighted by Gasteiger charge is 2.21. The third-order valence-corrected chi connectivity index (χ3v) is 4.15. The van der Waals surface area contributed by atoms with Crippen LogP contribution in [0, 0.1) is 0 Å². The molecular formula is C19H21N3O3. The fourth-order valence-corrected chi connectivity index (χ4v) is 2.75. The summed E-state index contributed by atoms with van der Waals surface area (Å²) < 4.78 is 5.56. The Morgan fingerprint density at radius 1 is 1.28 bits per heavy atom. The molecule has 0 saturated carbocycles. The molecule has 0 aliphatic carbocycles. The topological polar surface area (TPSA) is 62.7 Å². The number of benzene rings is 1. The van der Waals surface area contributed by atoms with Crippen molar-refractivity contribution in [2.45, 2.75) is 19.4 Å². The maximum atomic E-state index is 12.2. The van der Waals surface area contributed by atoms with Crippen LogP contribution in [0.25, 0.3) is 0 Å². The number of pyridine rings is 1. The highest BCUT2D eigenvalue weighted by molar-refractivity contribution is 5.95.